The highest BCUT2D eigenvalue weighted by Gasteiger charge is 2.10. The number of carbonyl (C=O) groups excluding carboxylic acids is 1. The van der Waals surface area contributed by atoms with E-state index in [0.29, 0.717) is 32.0 Å². The number of nitrogens with zero attached hydrogens (tertiary/aromatic N) is 1. The smallest absolute Gasteiger partial charge is 0.222 e. The SMILES string of the molecule is CN=C(NCCC(=O)NCc1ccccc1)NCc1oc2ccccc2c1C.I. The fraction of sp³-hybridized carbons (Fsp3) is 0.273. The minimum Gasteiger partial charge on any atom is -0.459 e. The van der Waals surface area contributed by atoms with E-state index in [1.165, 1.54) is 0 Å². The summed E-state index contributed by atoms with van der Waals surface area (Å²) in [5.41, 5.74) is 3.09. The molecule has 0 bridgehead atoms. The molecule has 0 atom stereocenters. The Bertz CT molecular complexity index is 954. The normalized spacial score (nSPS) is 11.0. The fourth-order valence-electron chi connectivity index (χ4n) is 2.96. The van der Waals surface area contributed by atoms with E-state index in [2.05, 4.69) is 33.9 Å². The topological polar surface area (TPSA) is 78.7 Å². The Morgan fingerprint density at radius 3 is 2.41 bits per heavy atom. The average molecular weight is 506 g/mol. The number of hydrogen-bond acceptors (Lipinski definition) is 3. The number of nitrogens with one attached hydrogen (secondary N) is 3. The summed E-state index contributed by atoms with van der Waals surface area (Å²) < 4.78 is 5.90. The van der Waals surface area contributed by atoms with Gasteiger partial charge in [-0.25, -0.2) is 0 Å². The van der Waals surface area contributed by atoms with Gasteiger partial charge in [-0.05, 0) is 18.6 Å². The van der Waals surface area contributed by atoms with Crippen LogP contribution in [0.4, 0.5) is 0 Å². The number of guanidine groups is 1. The third-order valence-electron chi connectivity index (χ3n) is 4.56. The number of furan rings is 1. The summed E-state index contributed by atoms with van der Waals surface area (Å²) in [5, 5.41) is 10.4. The Balaban J connectivity index is 0.00000300. The number of rotatable bonds is 7. The molecule has 1 amide bonds. The van der Waals surface area contributed by atoms with Crippen molar-refractivity contribution in [2.75, 3.05) is 13.6 Å². The van der Waals surface area contributed by atoms with Crippen LogP contribution in [-0.4, -0.2) is 25.5 Å². The van der Waals surface area contributed by atoms with E-state index in [4.69, 9.17) is 4.42 Å². The first kappa shape index (κ1) is 22.7. The summed E-state index contributed by atoms with van der Waals surface area (Å²) >= 11 is 0. The van der Waals surface area contributed by atoms with E-state index in [9.17, 15) is 4.79 Å². The first-order valence-electron chi connectivity index (χ1n) is 9.39. The van der Waals surface area contributed by atoms with Gasteiger partial charge in [0, 0.05) is 37.5 Å². The van der Waals surface area contributed by atoms with E-state index >= 15 is 0 Å². The van der Waals surface area contributed by atoms with Crippen LogP contribution in [-0.2, 0) is 17.9 Å². The summed E-state index contributed by atoms with van der Waals surface area (Å²) in [5.74, 6) is 1.51. The molecule has 29 heavy (non-hydrogen) atoms. The number of fused-ring (bicyclic) bond motifs is 1. The zero-order chi connectivity index (χ0) is 19.8. The van der Waals surface area contributed by atoms with Crippen molar-refractivity contribution in [3.05, 3.63) is 71.5 Å². The standard InChI is InChI=1S/C22H26N4O2.HI/c1-16-18-10-6-7-11-19(18)28-20(16)15-26-22(23-2)24-13-12-21(27)25-14-17-8-4-3-5-9-17;/h3-11H,12-15H2,1-2H3,(H,25,27)(H2,23,24,26);1H. The van der Waals surface area contributed by atoms with E-state index in [1.807, 2.05) is 48.5 Å². The maximum absolute atomic E-state index is 12.0. The number of aliphatic imine (C=N–C) groups is 1. The maximum Gasteiger partial charge on any atom is 0.222 e. The quantitative estimate of drug-likeness (QED) is 0.259. The number of aryl methyl sites for hydroxylation is 1. The molecule has 3 N–H and O–H groups in total. The lowest BCUT2D eigenvalue weighted by Gasteiger charge is -2.11. The Morgan fingerprint density at radius 2 is 1.69 bits per heavy atom. The van der Waals surface area contributed by atoms with Gasteiger partial charge in [-0.15, -0.1) is 24.0 Å². The van der Waals surface area contributed by atoms with Crippen molar-refractivity contribution in [2.45, 2.75) is 26.4 Å². The van der Waals surface area contributed by atoms with Crippen molar-refractivity contribution < 1.29 is 9.21 Å². The zero-order valence-electron chi connectivity index (χ0n) is 16.7. The van der Waals surface area contributed by atoms with Gasteiger partial charge in [0.25, 0.3) is 0 Å². The Hall–Kier alpha value is -2.55. The van der Waals surface area contributed by atoms with Crippen LogP contribution in [0.1, 0.15) is 23.3 Å². The molecule has 3 aromatic rings. The van der Waals surface area contributed by atoms with Gasteiger partial charge in [0.15, 0.2) is 5.96 Å². The third-order valence-corrected chi connectivity index (χ3v) is 4.56. The van der Waals surface area contributed by atoms with E-state index in [0.717, 1.165) is 27.9 Å². The number of carbonyl (C=O) groups is 1. The van der Waals surface area contributed by atoms with E-state index in [-0.39, 0.29) is 29.9 Å². The molecule has 0 aliphatic heterocycles. The molecule has 0 fully saturated rings. The van der Waals surface area contributed by atoms with Crippen LogP contribution < -0.4 is 16.0 Å². The maximum atomic E-state index is 12.0. The summed E-state index contributed by atoms with van der Waals surface area (Å²) in [7, 11) is 1.70. The Morgan fingerprint density at radius 1 is 0.966 bits per heavy atom. The molecule has 3 rings (SSSR count). The van der Waals surface area contributed by atoms with Crippen molar-refractivity contribution in [2.24, 2.45) is 4.99 Å². The van der Waals surface area contributed by atoms with Crippen LogP contribution in [0.3, 0.4) is 0 Å². The van der Waals surface area contributed by atoms with E-state index < -0.39 is 0 Å². The van der Waals surface area contributed by atoms with Gasteiger partial charge >= 0.3 is 0 Å². The summed E-state index contributed by atoms with van der Waals surface area (Å²) in [6.45, 7) is 3.62. The molecule has 0 saturated carbocycles. The zero-order valence-corrected chi connectivity index (χ0v) is 19.0. The molecule has 0 unspecified atom stereocenters. The predicted molar refractivity (Wildman–Crippen MR) is 127 cm³/mol. The molecule has 1 heterocycles. The number of halogens is 1. The van der Waals surface area contributed by atoms with Gasteiger partial charge in [-0.3, -0.25) is 9.79 Å². The number of hydrogen-bond donors (Lipinski definition) is 3. The molecule has 2 aromatic carbocycles. The second-order valence-corrected chi connectivity index (χ2v) is 6.51. The van der Waals surface area contributed by atoms with Crippen LogP contribution >= 0.6 is 24.0 Å². The number of para-hydroxylation sites is 1. The van der Waals surface area contributed by atoms with Gasteiger partial charge < -0.3 is 20.4 Å². The molecule has 6 nitrogen and oxygen atoms in total. The van der Waals surface area contributed by atoms with Crippen LogP contribution in [0, 0.1) is 6.92 Å². The van der Waals surface area contributed by atoms with Crippen LogP contribution in [0.5, 0.6) is 0 Å². The van der Waals surface area contributed by atoms with Crippen LogP contribution in [0.2, 0.25) is 0 Å². The minimum atomic E-state index is -0.0000604. The number of amides is 1. The molecule has 0 radical (unpaired) electrons. The first-order chi connectivity index (χ1) is 13.7. The van der Waals surface area contributed by atoms with Crippen LogP contribution in [0.15, 0.2) is 64.0 Å². The lowest BCUT2D eigenvalue weighted by molar-refractivity contribution is -0.121. The molecular weight excluding hydrogens is 479 g/mol. The van der Waals surface area contributed by atoms with Gasteiger partial charge in [0.1, 0.15) is 11.3 Å². The molecule has 0 aliphatic rings. The lowest BCUT2D eigenvalue weighted by Crippen LogP contribution is -2.38. The predicted octanol–water partition coefficient (Wildman–Crippen LogP) is 3.73. The van der Waals surface area contributed by atoms with Gasteiger partial charge in [-0.2, -0.15) is 0 Å². The largest absolute Gasteiger partial charge is 0.459 e. The van der Waals surface area contributed by atoms with Gasteiger partial charge in [0.2, 0.25) is 5.91 Å². The molecule has 1 aromatic heterocycles. The van der Waals surface area contributed by atoms with E-state index in [1.54, 1.807) is 7.05 Å². The molecule has 0 aliphatic carbocycles. The first-order valence-corrected chi connectivity index (χ1v) is 9.39. The van der Waals surface area contributed by atoms with Crippen LogP contribution in [0.25, 0.3) is 11.0 Å². The molecule has 0 spiro atoms. The monoisotopic (exact) mass is 506 g/mol. The van der Waals surface area contributed by atoms with Crippen molar-refractivity contribution in [3.63, 3.8) is 0 Å². The minimum absolute atomic E-state index is 0. The van der Waals surface area contributed by atoms with Gasteiger partial charge in [-0.1, -0.05) is 48.5 Å². The fourth-order valence-corrected chi connectivity index (χ4v) is 2.96. The second kappa shape index (κ2) is 11.5. The average Bonchev–Trinajstić information content (AvgIpc) is 3.05. The Kier molecular flexibility index (Phi) is 8.98. The highest BCUT2D eigenvalue weighted by Crippen LogP contribution is 2.24. The molecular formula is C22H27IN4O2. The van der Waals surface area contributed by atoms with Crippen molar-refractivity contribution in [1.29, 1.82) is 0 Å². The van der Waals surface area contributed by atoms with Crippen molar-refractivity contribution in [1.82, 2.24) is 16.0 Å². The molecule has 0 saturated heterocycles. The highest BCUT2D eigenvalue weighted by atomic mass is 127. The molecule has 154 valence electrons. The van der Waals surface area contributed by atoms with Crippen molar-refractivity contribution >= 4 is 46.8 Å². The van der Waals surface area contributed by atoms with Crippen molar-refractivity contribution in [3.8, 4) is 0 Å². The second-order valence-electron chi connectivity index (χ2n) is 6.51. The lowest BCUT2D eigenvalue weighted by atomic mass is 10.1. The number of benzene rings is 2. The highest BCUT2D eigenvalue weighted by molar-refractivity contribution is 14.0. The molecule has 7 heteroatoms. The summed E-state index contributed by atoms with van der Waals surface area (Å²) in [6, 6.07) is 17.9. The third kappa shape index (κ3) is 6.49. The van der Waals surface area contributed by atoms with Gasteiger partial charge in [0.05, 0.1) is 6.54 Å². The summed E-state index contributed by atoms with van der Waals surface area (Å²) in [6.07, 6.45) is 0.372. The summed E-state index contributed by atoms with van der Waals surface area (Å²) in [4.78, 5) is 16.2. The Labute approximate surface area is 188 Å².